The molecule has 0 saturated carbocycles. The molecule has 5 nitrogen and oxygen atoms in total. The van der Waals surface area contributed by atoms with Crippen molar-refractivity contribution in [2.45, 2.75) is 37.9 Å². The van der Waals surface area contributed by atoms with Crippen LogP contribution in [0.4, 0.5) is 0 Å². The van der Waals surface area contributed by atoms with Gasteiger partial charge in [0.2, 0.25) is 5.91 Å². The summed E-state index contributed by atoms with van der Waals surface area (Å²) in [5.74, 6) is 1.43. The largest absolute Gasteiger partial charge is 0.342 e. The molecule has 1 aliphatic rings. The van der Waals surface area contributed by atoms with Gasteiger partial charge in [-0.1, -0.05) is 30.3 Å². The van der Waals surface area contributed by atoms with Crippen LogP contribution < -0.4 is 0 Å². The van der Waals surface area contributed by atoms with Crippen molar-refractivity contribution < 1.29 is 4.79 Å². The van der Waals surface area contributed by atoms with E-state index in [-0.39, 0.29) is 5.91 Å². The fourth-order valence-corrected chi connectivity index (χ4v) is 3.81. The van der Waals surface area contributed by atoms with Gasteiger partial charge in [0.05, 0.1) is 5.75 Å². The molecular formula is C17H21ClN4OS. The number of thioether (sulfide) groups is 1. The number of halogens is 1. The lowest BCUT2D eigenvalue weighted by Crippen LogP contribution is -2.29. The number of hydrogen-bond donors (Lipinski definition) is 0. The van der Waals surface area contributed by atoms with Crippen molar-refractivity contribution in [3.8, 4) is 11.4 Å². The number of amides is 1. The summed E-state index contributed by atoms with van der Waals surface area (Å²) in [4.78, 5) is 14.2. The molecular weight excluding hydrogens is 344 g/mol. The Bertz CT molecular complexity index is 695. The maximum Gasteiger partial charge on any atom is 0.233 e. The summed E-state index contributed by atoms with van der Waals surface area (Å²) in [5, 5.41) is 10.1. The maximum atomic E-state index is 12.2. The van der Waals surface area contributed by atoms with Crippen molar-refractivity contribution in [1.29, 1.82) is 0 Å². The van der Waals surface area contributed by atoms with E-state index in [9.17, 15) is 4.79 Å². The van der Waals surface area contributed by atoms with Crippen LogP contribution in [0.15, 0.2) is 29.4 Å². The Morgan fingerprint density at radius 2 is 1.92 bits per heavy atom. The molecule has 1 aliphatic heterocycles. The minimum atomic E-state index is 0.191. The number of rotatable bonds is 6. The Hall–Kier alpha value is -1.53. The molecule has 1 fully saturated rings. The first kappa shape index (κ1) is 17.3. The van der Waals surface area contributed by atoms with Crippen molar-refractivity contribution in [2.75, 3.05) is 18.8 Å². The quantitative estimate of drug-likeness (QED) is 0.733. The fourth-order valence-electron chi connectivity index (χ4n) is 2.82. The number of aromatic nitrogens is 3. The van der Waals surface area contributed by atoms with Crippen LogP contribution in [0.25, 0.3) is 11.4 Å². The number of carbonyl (C=O) groups is 1. The molecule has 0 aliphatic carbocycles. The maximum absolute atomic E-state index is 12.2. The lowest BCUT2D eigenvalue weighted by Gasteiger charge is -2.14. The zero-order valence-electron chi connectivity index (χ0n) is 13.7. The van der Waals surface area contributed by atoms with Gasteiger partial charge >= 0.3 is 0 Å². The number of hydrogen-bond acceptors (Lipinski definition) is 4. The second-order valence-corrected chi connectivity index (χ2v) is 7.22. The van der Waals surface area contributed by atoms with E-state index in [1.807, 2.05) is 29.2 Å². The van der Waals surface area contributed by atoms with Crippen LogP contribution in [0.1, 0.15) is 26.2 Å². The molecule has 2 aromatic rings. The van der Waals surface area contributed by atoms with Crippen LogP contribution in [-0.4, -0.2) is 44.4 Å². The Balaban J connectivity index is 1.75. The molecule has 0 atom stereocenters. The molecule has 1 amide bonds. The van der Waals surface area contributed by atoms with Crippen LogP contribution in [-0.2, 0) is 11.3 Å². The molecule has 0 unspecified atom stereocenters. The summed E-state index contributed by atoms with van der Waals surface area (Å²) in [6.07, 6.45) is 3.21. The van der Waals surface area contributed by atoms with Gasteiger partial charge in [-0.15, -0.1) is 10.2 Å². The molecule has 24 heavy (non-hydrogen) atoms. The molecule has 7 heteroatoms. The minimum absolute atomic E-state index is 0.191. The van der Waals surface area contributed by atoms with E-state index in [4.69, 9.17) is 11.6 Å². The normalized spacial score (nSPS) is 14.3. The van der Waals surface area contributed by atoms with Gasteiger partial charge in [-0.05, 0) is 43.5 Å². The van der Waals surface area contributed by atoms with Gasteiger partial charge in [0, 0.05) is 30.2 Å². The topological polar surface area (TPSA) is 51.0 Å². The summed E-state index contributed by atoms with van der Waals surface area (Å²) in [6.45, 7) is 4.72. The molecule has 128 valence electrons. The van der Waals surface area contributed by atoms with Crippen LogP contribution in [0.5, 0.6) is 0 Å². The SMILES string of the molecule is CCCn1c(SCC(=O)N2CCCC2)nnc1-c1ccc(Cl)cc1. The van der Waals surface area contributed by atoms with Gasteiger partial charge in [0.15, 0.2) is 11.0 Å². The van der Waals surface area contributed by atoms with Gasteiger partial charge < -0.3 is 9.47 Å². The zero-order valence-corrected chi connectivity index (χ0v) is 15.3. The Morgan fingerprint density at radius 3 is 2.58 bits per heavy atom. The van der Waals surface area contributed by atoms with Crippen molar-refractivity contribution in [1.82, 2.24) is 19.7 Å². The fraction of sp³-hybridized carbons (Fsp3) is 0.471. The third kappa shape index (κ3) is 3.92. The predicted molar refractivity (Wildman–Crippen MR) is 97.3 cm³/mol. The highest BCUT2D eigenvalue weighted by atomic mass is 35.5. The van der Waals surface area contributed by atoms with E-state index in [1.54, 1.807) is 0 Å². The Kier molecular flexibility index (Phi) is 5.79. The zero-order chi connectivity index (χ0) is 16.9. The highest BCUT2D eigenvalue weighted by Gasteiger charge is 2.20. The van der Waals surface area contributed by atoms with Crippen molar-refractivity contribution in [3.05, 3.63) is 29.3 Å². The summed E-state index contributed by atoms with van der Waals surface area (Å²) in [6, 6.07) is 7.60. The molecule has 3 rings (SSSR count). The molecule has 0 radical (unpaired) electrons. The first-order valence-electron chi connectivity index (χ1n) is 8.28. The van der Waals surface area contributed by atoms with Gasteiger partial charge in [0.25, 0.3) is 0 Å². The van der Waals surface area contributed by atoms with Crippen LogP contribution in [0.3, 0.4) is 0 Å². The average molecular weight is 365 g/mol. The minimum Gasteiger partial charge on any atom is -0.342 e. The monoisotopic (exact) mass is 364 g/mol. The second kappa shape index (κ2) is 8.03. The number of likely N-dealkylation sites (tertiary alicyclic amines) is 1. The van der Waals surface area contributed by atoms with Gasteiger partial charge in [-0.2, -0.15) is 0 Å². The van der Waals surface area contributed by atoms with Crippen molar-refractivity contribution in [2.24, 2.45) is 0 Å². The van der Waals surface area contributed by atoms with Gasteiger partial charge in [-0.3, -0.25) is 4.79 Å². The lowest BCUT2D eigenvalue weighted by molar-refractivity contribution is -0.127. The highest BCUT2D eigenvalue weighted by molar-refractivity contribution is 7.99. The molecule has 0 N–H and O–H groups in total. The van der Waals surface area contributed by atoms with Gasteiger partial charge in [-0.25, -0.2) is 0 Å². The van der Waals surface area contributed by atoms with Crippen molar-refractivity contribution >= 4 is 29.3 Å². The summed E-state index contributed by atoms with van der Waals surface area (Å²) < 4.78 is 2.09. The number of carbonyl (C=O) groups excluding carboxylic acids is 1. The molecule has 1 saturated heterocycles. The van der Waals surface area contributed by atoms with E-state index in [0.29, 0.717) is 10.8 Å². The first-order valence-corrected chi connectivity index (χ1v) is 9.65. The lowest BCUT2D eigenvalue weighted by atomic mass is 10.2. The molecule has 1 aromatic heterocycles. The van der Waals surface area contributed by atoms with Crippen molar-refractivity contribution in [3.63, 3.8) is 0 Å². The highest BCUT2D eigenvalue weighted by Crippen LogP contribution is 2.26. The Labute approximate surface area is 151 Å². The van der Waals surface area contributed by atoms with Crippen LogP contribution in [0.2, 0.25) is 5.02 Å². The third-order valence-corrected chi connectivity index (χ3v) is 5.25. The second-order valence-electron chi connectivity index (χ2n) is 5.84. The number of nitrogens with zero attached hydrogens (tertiary/aromatic N) is 4. The molecule has 0 spiro atoms. The summed E-state index contributed by atoms with van der Waals surface area (Å²) in [7, 11) is 0. The smallest absolute Gasteiger partial charge is 0.233 e. The van der Waals surface area contributed by atoms with E-state index in [2.05, 4.69) is 21.7 Å². The molecule has 0 bridgehead atoms. The summed E-state index contributed by atoms with van der Waals surface area (Å²) >= 11 is 7.44. The molecule has 1 aromatic carbocycles. The first-order chi connectivity index (χ1) is 11.7. The summed E-state index contributed by atoms with van der Waals surface area (Å²) in [5.41, 5.74) is 0.984. The standard InChI is InChI=1S/C17H21ClN4OS/c1-2-9-22-16(13-5-7-14(18)8-6-13)19-20-17(22)24-12-15(23)21-10-3-4-11-21/h5-8H,2-4,9-12H2,1H3. The van der Waals surface area contributed by atoms with E-state index >= 15 is 0 Å². The van der Waals surface area contributed by atoms with E-state index in [0.717, 1.165) is 55.4 Å². The number of benzene rings is 1. The Morgan fingerprint density at radius 1 is 1.21 bits per heavy atom. The third-order valence-electron chi connectivity index (χ3n) is 4.05. The average Bonchev–Trinajstić information content (AvgIpc) is 3.24. The van der Waals surface area contributed by atoms with Gasteiger partial charge in [0.1, 0.15) is 0 Å². The van der Waals surface area contributed by atoms with E-state index in [1.165, 1.54) is 11.8 Å². The van der Waals surface area contributed by atoms with Crippen LogP contribution in [0, 0.1) is 0 Å². The molecule has 2 heterocycles. The predicted octanol–water partition coefficient (Wildman–Crippen LogP) is 3.72. The van der Waals surface area contributed by atoms with Crippen LogP contribution >= 0.6 is 23.4 Å². The van der Waals surface area contributed by atoms with E-state index < -0.39 is 0 Å².